The highest BCUT2D eigenvalue weighted by Gasteiger charge is 2.22. The Labute approximate surface area is 176 Å². The Bertz CT molecular complexity index is 982. The molecule has 1 unspecified atom stereocenters. The molecule has 2 aromatic carbocycles. The number of aryl methyl sites for hydroxylation is 1. The topological polar surface area (TPSA) is 74.6 Å². The first-order chi connectivity index (χ1) is 14.6. The molecule has 0 saturated heterocycles. The molecule has 1 atom stereocenters. The van der Waals surface area contributed by atoms with Gasteiger partial charge in [-0.3, -0.25) is 4.79 Å². The molecule has 7 heteroatoms. The third-order valence-electron chi connectivity index (χ3n) is 4.85. The van der Waals surface area contributed by atoms with E-state index in [4.69, 9.17) is 14.2 Å². The summed E-state index contributed by atoms with van der Waals surface area (Å²) in [6, 6.07) is 12.5. The third kappa shape index (κ3) is 4.80. The molecule has 3 rings (SSSR count). The minimum atomic E-state index is -0.416. The lowest BCUT2D eigenvalue weighted by Crippen LogP contribution is -2.31. The Balaban J connectivity index is 1.90. The van der Waals surface area contributed by atoms with E-state index in [0.717, 1.165) is 22.7 Å². The number of imidazole rings is 1. The van der Waals surface area contributed by atoms with Crippen LogP contribution in [0.1, 0.15) is 40.3 Å². The van der Waals surface area contributed by atoms with Crippen molar-refractivity contribution >= 4 is 5.91 Å². The number of aromatic nitrogens is 2. The normalized spacial score (nSPS) is 11.7. The molecule has 7 nitrogen and oxygen atoms in total. The zero-order chi connectivity index (χ0) is 21.5. The smallest absolute Gasteiger partial charge is 0.252 e. The number of nitrogens with one attached hydrogen (secondary N) is 1. The molecule has 0 radical (unpaired) electrons. The summed E-state index contributed by atoms with van der Waals surface area (Å²) in [6.45, 7) is 2.88. The van der Waals surface area contributed by atoms with Crippen molar-refractivity contribution in [2.45, 2.75) is 19.6 Å². The molecule has 0 bridgehead atoms. The molecule has 1 heterocycles. The zero-order valence-electron chi connectivity index (χ0n) is 17.7. The van der Waals surface area contributed by atoms with Crippen LogP contribution in [0, 0.1) is 0 Å². The van der Waals surface area contributed by atoms with Crippen molar-refractivity contribution in [3.05, 3.63) is 77.4 Å². The van der Waals surface area contributed by atoms with Gasteiger partial charge in [0.15, 0.2) is 0 Å². The fourth-order valence-corrected chi connectivity index (χ4v) is 3.21. The molecule has 0 aliphatic rings. The first-order valence-electron chi connectivity index (χ1n) is 9.74. The van der Waals surface area contributed by atoms with Crippen LogP contribution in [-0.2, 0) is 18.4 Å². The summed E-state index contributed by atoms with van der Waals surface area (Å²) in [5.74, 6) is 1.96. The Morgan fingerprint density at radius 3 is 2.50 bits per heavy atom. The van der Waals surface area contributed by atoms with E-state index in [9.17, 15) is 4.79 Å². The summed E-state index contributed by atoms with van der Waals surface area (Å²) in [7, 11) is 5.13. The highest BCUT2D eigenvalue weighted by atomic mass is 16.5. The first kappa shape index (κ1) is 21.4. The highest BCUT2D eigenvalue weighted by Crippen LogP contribution is 2.25. The van der Waals surface area contributed by atoms with Gasteiger partial charge in [0, 0.05) is 37.2 Å². The quantitative estimate of drug-likeness (QED) is 0.586. The van der Waals surface area contributed by atoms with E-state index in [1.54, 1.807) is 38.6 Å². The van der Waals surface area contributed by atoms with Gasteiger partial charge in [0.25, 0.3) is 5.91 Å². The number of amides is 1. The minimum absolute atomic E-state index is 0.209. The lowest BCUT2D eigenvalue weighted by molar-refractivity contribution is 0.0940. The number of hydrogen-bond donors (Lipinski definition) is 1. The van der Waals surface area contributed by atoms with E-state index in [0.29, 0.717) is 24.5 Å². The molecule has 0 aliphatic heterocycles. The van der Waals surface area contributed by atoms with Gasteiger partial charge < -0.3 is 24.1 Å². The van der Waals surface area contributed by atoms with Gasteiger partial charge in [-0.25, -0.2) is 4.98 Å². The average Bonchev–Trinajstić information content (AvgIpc) is 3.21. The maximum absolute atomic E-state index is 13.1. The summed E-state index contributed by atoms with van der Waals surface area (Å²) in [5.41, 5.74) is 2.25. The van der Waals surface area contributed by atoms with Gasteiger partial charge in [0.2, 0.25) is 0 Å². The summed E-state index contributed by atoms with van der Waals surface area (Å²) in [5, 5.41) is 3.11. The SMILES string of the molecule is CCOCc1cc(C(=O)NC(c2ccc(OC)cc2)c2nccn2C)ccc1OC. The summed E-state index contributed by atoms with van der Waals surface area (Å²) >= 11 is 0. The molecule has 0 saturated carbocycles. The molecule has 0 aliphatic carbocycles. The number of benzene rings is 2. The van der Waals surface area contributed by atoms with Crippen LogP contribution >= 0.6 is 0 Å². The molecule has 3 aromatic rings. The van der Waals surface area contributed by atoms with Gasteiger partial charge in [-0.2, -0.15) is 0 Å². The van der Waals surface area contributed by atoms with Crippen molar-refractivity contribution in [2.75, 3.05) is 20.8 Å². The van der Waals surface area contributed by atoms with Crippen LogP contribution in [0.4, 0.5) is 0 Å². The minimum Gasteiger partial charge on any atom is -0.497 e. The van der Waals surface area contributed by atoms with Crippen molar-refractivity contribution in [1.29, 1.82) is 0 Å². The van der Waals surface area contributed by atoms with Crippen molar-refractivity contribution < 1.29 is 19.0 Å². The monoisotopic (exact) mass is 409 g/mol. The average molecular weight is 409 g/mol. The fraction of sp³-hybridized carbons (Fsp3) is 0.304. The molecule has 1 amide bonds. The van der Waals surface area contributed by atoms with Crippen LogP contribution in [-0.4, -0.2) is 36.3 Å². The third-order valence-corrected chi connectivity index (χ3v) is 4.85. The molecule has 158 valence electrons. The van der Waals surface area contributed by atoms with Gasteiger partial charge in [-0.05, 0) is 42.8 Å². The zero-order valence-corrected chi connectivity index (χ0v) is 17.7. The van der Waals surface area contributed by atoms with E-state index in [1.807, 2.05) is 49.0 Å². The summed E-state index contributed by atoms with van der Waals surface area (Å²) < 4.78 is 18.0. The number of methoxy groups -OCH3 is 2. The molecular weight excluding hydrogens is 382 g/mol. The van der Waals surface area contributed by atoms with Gasteiger partial charge >= 0.3 is 0 Å². The van der Waals surface area contributed by atoms with Crippen LogP contribution in [0.3, 0.4) is 0 Å². The van der Waals surface area contributed by atoms with E-state index < -0.39 is 6.04 Å². The van der Waals surface area contributed by atoms with Crippen LogP contribution in [0.15, 0.2) is 54.9 Å². The predicted molar refractivity (Wildman–Crippen MR) is 114 cm³/mol. The van der Waals surface area contributed by atoms with Gasteiger partial charge in [0.1, 0.15) is 23.4 Å². The van der Waals surface area contributed by atoms with Gasteiger partial charge in [0.05, 0.1) is 20.8 Å². The molecular formula is C23H27N3O4. The second kappa shape index (κ2) is 9.93. The largest absolute Gasteiger partial charge is 0.497 e. The number of hydrogen-bond acceptors (Lipinski definition) is 5. The maximum Gasteiger partial charge on any atom is 0.252 e. The van der Waals surface area contributed by atoms with Crippen molar-refractivity contribution in [3.8, 4) is 11.5 Å². The number of carbonyl (C=O) groups excluding carboxylic acids is 1. The van der Waals surface area contributed by atoms with Crippen LogP contribution < -0.4 is 14.8 Å². The predicted octanol–water partition coefficient (Wildman–Crippen LogP) is 3.49. The highest BCUT2D eigenvalue weighted by molar-refractivity contribution is 5.95. The van der Waals surface area contributed by atoms with Crippen molar-refractivity contribution in [3.63, 3.8) is 0 Å². The Morgan fingerprint density at radius 1 is 1.13 bits per heavy atom. The Morgan fingerprint density at radius 2 is 1.90 bits per heavy atom. The number of rotatable bonds is 9. The molecule has 0 fully saturated rings. The second-order valence-electron chi connectivity index (χ2n) is 6.74. The van der Waals surface area contributed by atoms with E-state index >= 15 is 0 Å². The number of nitrogens with zero attached hydrogens (tertiary/aromatic N) is 2. The van der Waals surface area contributed by atoms with E-state index in [2.05, 4.69) is 10.3 Å². The maximum atomic E-state index is 13.1. The van der Waals surface area contributed by atoms with Crippen LogP contribution in [0.25, 0.3) is 0 Å². The Hall–Kier alpha value is -3.32. The fourth-order valence-electron chi connectivity index (χ4n) is 3.21. The summed E-state index contributed by atoms with van der Waals surface area (Å²) in [4.78, 5) is 17.6. The van der Waals surface area contributed by atoms with Gasteiger partial charge in [-0.15, -0.1) is 0 Å². The Kier molecular flexibility index (Phi) is 7.08. The second-order valence-corrected chi connectivity index (χ2v) is 6.74. The number of carbonyl (C=O) groups is 1. The van der Waals surface area contributed by atoms with E-state index in [-0.39, 0.29) is 5.91 Å². The molecule has 0 spiro atoms. The van der Waals surface area contributed by atoms with Crippen molar-refractivity contribution in [1.82, 2.24) is 14.9 Å². The lowest BCUT2D eigenvalue weighted by Gasteiger charge is -2.20. The van der Waals surface area contributed by atoms with E-state index in [1.165, 1.54) is 0 Å². The molecule has 1 aromatic heterocycles. The molecule has 1 N–H and O–H groups in total. The number of ether oxygens (including phenoxy) is 3. The van der Waals surface area contributed by atoms with Crippen LogP contribution in [0.5, 0.6) is 11.5 Å². The van der Waals surface area contributed by atoms with Crippen molar-refractivity contribution in [2.24, 2.45) is 7.05 Å². The lowest BCUT2D eigenvalue weighted by atomic mass is 10.0. The molecule has 30 heavy (non-hydrogen) atoms. The first-order valence-corrected chi connectivity index (χ1v) is 9.74. The standard InChI is InChI=1S/C23H27N3O4/c1-5-30-15-18-14-17(8-11-20(18)29-4)23(27)25-21(22-24-12-13-26(22)2)16-6-9-19(28-3)10-7-16/h6-14,21H,5,15H2,1-4H3,(H,25,27). The summed E-state index contributed by atoms with van der Waals surface area (Å²) in [6.07, 6.45) is 3.57. The van der Waals surface area contributed by atoms with Crippen LogP contribution in [0.2, 0.25) is 0 Å². The van der Waals surface area contributed by atoms with Gasteiger partial charge in [-0.1, -0.05) is 12.1 Å².